The molecule has 0 unspecified atom stereocenters. The van der Waals surface area contributed by atoms with Gasteiger partial charge in [0, 0.05) is 38.4 Å². The zero-order chi connectivity index (χ0) is 22.5. The number of carbonyl (C=O) groups is 1. The summed E-state index contributed by atoms with van der Waals surface area (Å²) in [6, 6.07) is 14.2. The van der Waals surface area contributed by atoms with Gasteiger partial charge in [0.1, 0.15) is 6.54 Å². The van der Waals surface area contributed by atoms with Gasteiger partial charge in [0.05, 0.1) is 17.2 Å². The Morgan fingerprint density at radius 3 is 2.62 bits per heavy atom. The van der Waals surface area contributed by atoms with Gasteiger partial charge in [-0.3, -0.25) is 19.1 Å². The summed E-state index contributed by atoms with van der Waals surface area (Å²) in [7, 11) is 0. The van der Waals surface area contributed by atoms with Crippen molar-refractivity contribution < 1.29 is 4.79 Å². The zero-order valence-corrected chi connectivity index (χ0v) is 18.9. The Hall–Kier alpha value is -3.19. The molecule has 2 aromatic carbocycles. The van der Waals surface area contributed by atoms with Crippen LogP contribution in [0, 0.1) is 13.8 Å². The maximum Gasteiger partial charge on any atom is 0.261 e. The molecule has 1 aromatic heterocycles. The third-order valence-electron chi connectivity index (χ3n) is 6.08. The van der Waals surface area contributed by atoms with Crippen molar-refractivity contribution in [1.29, 1.82) is 0 Å². The maximum atomic E-state index is 12.6. The van der Waals surface area contributed by atoms with Crippen LogP contribution in [0.4, 0.5) is 5.69 Å². The lowest BCUT2D eigenvalue weighted by Crippen LogP contribution is -2.47. The van der Waals surface area contributed by atoms with Crippen LogP contribution in [-0.2, 0) is 11.3 Å². The first kappa shape index (κ1) is 22.0. The van der Waals surface area contributed by atoms with Crippen LogP contribution in [0.5, 0.6) is 0 Å². The molecule has 0 atom stereocenters. The van der Waals surface area contributed by atoms with E-state index in [1.165, 1.54) is 22.1 Å². The summed E-state index contributed by atoms with van der Waals surface area (Å²) in [6.07, 6.45) is 2.35. The Balaban J connectivity index is 1.20. The van der Waals surface area contributed by atoms with Gasteiger partial charge in [-0.1, -0.05) is 24.3 Å². The lowest BCUT2D eigenvalue weighted by molar-refractivity contribution is -0.121. The molecule has 7 heteroatoms. The number of hydrogen-bond acceptors (Lipinski definition) is 5. The summed E-state index contributed by atoms with van der Waals surface area (Å²) in [4.78, 5) is 34.2. The Kier molecular flexibility index (Phi) is 6.85. The van der Waals surface area contributed by atoms with E-state index in [9.17, 15) is 9.59 Å². The summed E-state index contributed by atoms with van der Waals surface area (Å²) < 4.78 is 1.38. The lowest BCUT2D eigenvalue weighted by atomic mass is 10.1. The monoisotopic (exact) mass is 433 g/mol. The minimum Gasteiger partial charge on any atom is -0.369 e. The summed E-state index contributed by atoms with van der Waals surface area (Å²) in [6.45, 7) is 9.70. The molecule has 1 fully saturated rings. The fourth-order valence-electron chi connectivity index (χ4n) is 4.25. The number of rotatable bonds is 7. The molecule has 1 N–H and O–H groups in total. The van der Waals surface area contributed by atoms with Crippen molar-refractivity contribution in [1.82, 2.24) is 19.8 Å². The number of piperazine rings is 1. The zero-order valence-electron chi connectivity index (χ0n) is 18.9. The van der Waals surface area contributed by atoms with Crippen molar-refractivity contribution in [3.63, 3.8) is 0 Å². The number of para-hydroxylation sites is 1. The van der Waals surface area contributed by atoms with Crippen LogP contribution in [0.15, 0.2) is 53.6 Å². The molecule has 7 nitrogen and oxygen atoms in total. The van der Waals surface area contributed by atoms with Crippen LogP contribution in [0.2, 0.25) is 0 Å². The van der Waals surface area contributed by atoms with Gasteiger partial charge in [0.2, 0.25) is 5.91 Å². The minimum atomic E-state index is -0.180. The smallest absolute Gasteiger partial charge is 0.261 e. The van der Waals surface area contributed by atoms with Crippen molar-refractivity contribution in [2.75, 3.05) is 44.2 Å². The normalized spacial score (nSPS) is 14.6. The number of nitrogens with one attached hydrogen (secondary N) is 1. The molecule has 1 saturated heterocycles. The topological polar surface area (TPSA) is 70.5 Å². The third-order valence-corrected chi connectivity index (χ3v) is 6.08. The quantitative estimate of drug-likeness (QED) is 0.579. The fourth-order valence-corrected chi connectivity index (χ4v) is 4.25. The third kappa shape index (κ3) is 5.16. The predicted molar refractivity (Wildman–Crippen MR) is 128 cm³/mol. The highest BCUT2D eigenvalue weighted by Crippen LogP contribution is 2.17. The van der Waals surface area contributed by atoms with E-state index < -0.39 is 0 Å². The number of aryl methyl sites for hydroxylation is 2. The minimum absolute atomic E-state index is 0.00905. The van der Waals surface area contributed by atoms with E-state index in [2.05, 4.69) is 51.3 Å². The van der Waals surface area contributed by atoms with E-state index >= 15 is 0 Å². The first-order chi connectivity index (χ1) is 15.5. The molecule has 0 bridgehead atoms. The van der Waals surface area contributed by atoms with Crippen molar-refractivity contribution >= 4 is 22.5 Å². The molecule has 2 heterocycles. The number of carbonyl (C=O) groups excluding carboxylic acids is 1. The summed E-state index contributed by atoms with van der Waals surface area (Å²) >= 11 is 0. The summed E-state index contributed by atoms with van der Waals surface area (Å²) in [5.41, 5.74) is 4.05. The van der Waals surface area contributed by atoms with Crippen LogP contribution in [0.3, 0.4) is 0 Å². The van der Waals surface area contributed by atoms with E-state index in [1.54, 1.807) is 6.07 Å². The summed E-state index contributed by atoms with van der Waals surface area (Å²) in [5, 5.41) is 3.48. The number of amides is 1. The number of hydrogen-bond donors (Lipinski definition) is 1. The number of nitrogens with zero attached hydrogens (tertiary/aromatic N) is 4. The molecular formula is C25H31N5O2. The first-order valence-electron chi connectivity index (χ1n) is 11.3. The van der Waals surface area contributed by atoms with Crippen molar-refractivity contribution in [3.05, 3.63) is 70.3 Å². The van der Waals surface area contributed by atoms with Crippen LogP contribution in [0.25, 0.3) is 10.9 Å². The van der Waals surface area contributed by atoms with Crippen molar-refractivity contribution in [2.45, 2.75) is 26.8 Å². The molecule has 1 amide bonds. The SMILES string of the molecule is Cc1cccc(N2CCN(CCCNC(=O)Cn3cnc4c(C)cccc4c3=O)CC2)c1. The maximum absolute atomic E-state index is 12.6. The number of anilines is 1. The van der Waals surface area contributed by atoms with Crippen LogP contribution in [-0.4, -0.2) is 59.6 Å². The van der Waals surface area contributed by atoms with Gasteiger partial charge in [0.15, 0.2) is 0 Å². The number of fused-ring (bicyclic) bond motifs is 1. The average molecular weight is 434 g/mol. The van der Waals surface area contributed by atoms with Crippen molar-refractivity contribution in [3.8, 4) is 0 Å². The highest BCUT2D eigenvalue weighted by Gasteiger charge is 2.17. The predicted octanol–water partition coefficient (Wildman–Crippen LogP) is 2.34. The highest BCUT2D eigenvalue weighted by atomic mass is 16.2. The van der Waals surface area contributed by atoms with Gasteiger partial charge in [0.25, 0.3) is 5.56 Å². The van der Waals surface area contributed by atoms with E-state index in [0.717, 1.165) is 44.7 Å². The Morgan fingerprint density at radius 2 is 1.84 bits per heavy atom. The van der Waals surface area contributed by atoms with Crippen molar-refractivity contribution in [2.24, 2.45) is 0 Å². The number of aromatic nitrogens is 2. The number of benzene rings is 2. The van der Waals surface area contributed by atoms with Gasteiger partial charge in [-0.25, -0.2) is 4.98 Å². The molecule has 0 radical (unpaired) electrons. The molecule has 32 heavy (non-hydrogen) atoms. The lowest BCUT2D eigenvalue weighted by Gasteiger charge is -2.36. The highest BCUT2D eigenvalue weighted by molar-refractivity contribution is 5.81. The Bertz CT molecular complexity index is 1150. The molecule has 3 aromatic rings. The van der Waals surface area contributed by atoms with E-state index in [4.69, 9.17) is 0 Å². The van der Waals surface area contributed by atoms with E-state index in [0.29, 0.717) is 17.4 Å². The molecule has 0 aliphatic carbocycles. The fraction of sp³-hybridized carbons (Fsp3) is 0.400. The van der Waals surface area contributed by atoms with Crippen LogP contribution < -0.4 is 15.8 Å². The molecule has 0 spiro atoms. The van der Waals surface area contributed by atoms with E-state index in [-0.39, 0.29) is 18.0 Å². The van der Waals surface area contributed by atoms with Gasteiger partial charge in [-0.15, -0.1) is 0 Å². The molecular weight excluding hydrogens is 402 g/mol. The Morgan fingerprint density at radius 1 is 1.06 bits per heavy atom. The molecule has 168 valence electrons. The largest absolute Gasteiger partial charge is 0.369 e. The Labute approximate surface area is 188 Å². The standard InChI is InChI=1S/C25H31N5O2/c1-19-6-3-8-21(16-19)29-14-12-28(13-15-29)11-5-10-26-23(31)17-30-18-27-24-20(2)7-4-9-22(24)25(30)32/h3-4,6-9,16,18H,5,10-15,17H2,1-2H3,(H,26,31). The summed E-state index contributed by atoms with van der Waals surface area (Å²) in [5.74, 6) is -0.162. The van der Waals surface area contributed by atoms with Gasteiger partial charge < -0.3 is 10.2 Å². The van der Waals surface area contributed by atoms with Crippen LogP contribution in [0.1, 0.15) is 17.5 Å². The van der Waals surface area contributed by atoms with Gasteiger partial charge >= 0.3 is 0 Å². The van der Waals surface area contributed by atoms with Crippen LogP contribution >= 0.6 is 0 Å². The second kappa shape index (κ2) is 9.96. The first-order valence-corrected chi connectivity index (χ1v) is 11.3. The molecule has 1 aliphatic rings. The molecule has 1 aliphatic heterocycles. The van der Waals surface area contributed by atoms with Gasteiger partial charge in [-0.2, -0.15) is 0 Å². The van der Waals surface area contributed by atoms with E-state index in [1.807, 2.05) is 19.1 Å². The molecule has 4 rings (SSSR count). The molecule has 0 saturated carbocycles. The van der Waals surface area contributed by atoms with Gasteiger partial charge in [-0.05, 0) is 56.1 Å². The second-order valence-electron chi connectivity index (χ2n) is 8.52. The average Bonchev–Trinajstić information content (AvgIpc) is 2.79. The second-order valence-corrected chi connectivity index (χ2v) is 8.52.